The Morgan fingerprint density at radius 1 is 1.33 bits per heavy atom. The molecule has 0 aliphatic carbocycles. The molecule has 0 saturated heterocycles. The summed E-state index contributed by atoms with van der Waals surface area (Å²) in [6.07, 6.45) is 0. The highest BCUT2D eigenvalue weighted by Crippen LogP contribution is 2.35. The molecule has 0 unspecified atom stereocenters. The van der Waals surface area contributed by atoms with Crippen molar-refractivity contribution in [3.05, 3.63) is 18.2 Å². The number of rotatable bonds is 4. The second kappa shape index (κ2) is 4.96. The highest BCUT2D eigenvalue weighted by Gasteiger charge is 2.14. The van der Waals surface area contributed by atoms with Crippen molar-refractivity contribution in [1.82, 2.24) is 15.2 Å². The predicted molar refractivity (Wildman–Crippen MR) is 63.5 cm³/mol. The summed E-state index contributed by atoms with van der Waals surface area (Å²) in [5, 5.41) is 34.3. The molecule has 2 rings (SSSR count). The summed E-state index contributed by atoms with van der Waals surface area (Å²) in [7, 11) is 0. The van der Waals surface area contributed by atoms with Gasteiger partial charge in [0.1, 0.15) is 17.1 Å². The molecule has 0 saturated carbocycles. The van der Waals surface area contributed by atoms with Crippen LogP contribution >= 0.6 is 11.8 Å². The summed E-state index contributed by atoms with van der Waals surface area (Å²) in [5.41, 5.74) is 0.132. The van der Waals surface area contributed by atoms with E-state index >= 15 is 0 Å². The number of carbonyl (C=O) groups is 1. The van der Waals surface area contributed by atoms with Gasteiger partial charge in [-0.05, 0) is 12.1 Å². The molecule has 0 atom stereocenters. The number of aromatic nitrogens is 3. The molecule has 0 spiro atoms. The minimum absolute atomic E-state index is 0.132. The first-order valence-corrected chi connectivity index (χ1v) is 5.85. The van der Waals surface area contributed by atoms with E-state index < -0.39 is 5.97 Å². The smallest absolute Gasteiger partial charge is 0.313 e. The SMILES string of the molecule is O=C(O)CSc1n[nH]c(-c2c(O)cccc2O)n1. The molecule has 1 heterocycles. The molecule has 94 valence electrons. The maximum absolute atomic E-state index is 10.4. The normalized spacial score (nSPS) is 10.4. The van der Waals surface area contributed by atoms with Crippen LogP contribution in [0.1, 0.15) is 0 Å². The number of thioether (sulfide) groups is 1. The number of aliphatic carboxylic acids is 1. The van der Waals surface area contributed by atoms with Crippen LogP contribution in [-0.2, 0) is 4.79 Å². The lowest BCUT2D eigenvalue weighted by atomic mass is 10.1. The van der Waals surface area contributed by atoms with Crippen molar-refractivity contribution in [2.45, 2.75) is 5.16 Å². The lowest BCUT2D eigenvalue weighted by Gasteiger charge is -2.02. The van der Waals surface area contributed by atoms with Crippen molar-refractivity contribution in [1.29, 1.82) is 0 Å². The van der Waals surface area contributed by atoms with Crippen molar-refractivity contribution in [2.75, 3.05) is 5.75 Å². The zero-order chi connectivity index (χ0) is 13.1. The molecule has 0 aliphatic rings. The summed E-state index contributed by atoms with van der Waals surface area (Å²) < 4.78 is 0. The highest BCUT2D eigenvalue weighted by molar-refractivity contribution is 7.99. The van der Waals surface area contributed by atoms with Crippen LogP contribution in [0.2, 0.25) is 0 Å². The Balaban J connectivity index is 2.27. The number of hydrogen-bond acceptors (Lipinski definition) is 6. The van der Waals surface area contributed by atoms with Gasteiger partial charge in [0.2, 0.25) is 5.16 Å². The van der Waals surface area contributed by atoms with Gasteiger partial charge in [-0.15, -0.1) is 5.10 Å². The van der Waals surface area contributed by atoms with Crippen LogP contribution in [0.3, 0.4) is 0 Å². The molecule has 18 heavy (non-hydrogen) atoms. The van der Waals surface area contributed by atoms with Gasteiger partial charge in [-0.3, -0.25) is 9.89 Å². The first-order chi connectivity index (χ1) is 8.58. The van der Waals surface area contributed by atoms with Crippen molar-refractivity contribution in [3.63, 3.8) is 0 Å². The fourth-order valence-corrected chi connectivity index (χ4v) is 1.84. The standard InChI is InChI=1S/C10H9N3O4S/c14-5-2-1-3-6(15)8(5)9-11-10(13-12-9)18-4-7(16)17/h1-3,14-15H,4H2,(H,16,17)(H,11,12,13). The molecule has 1 aromatic carbocycles. The Morgan fingerprint density at radius 3 is 2.61 bits per heavy atom. The third kappa shape index (κ3) is 2.54. The number of aromatic amines is 1. The van der Waals surface area contributed by atoms with E-state index in [1.54, 1.807) is 0 Å². The Bertz CT molecular complexity index is 564. The lowest BCUT2D eigenvalue weighted by molar-refractivity contribution is -0.133. The second-order valence-corrected chi connectivity index (χ2v) is 4.26. The largest absolute Gasteiger partial charge is 0.507 e. The number of benzene rings is 1. The van der Waals surface area contributed by atoms with Gasteiger partial charge in [-0.25, -0.2) is 4.98 Å². The average Bonchev–Trinajstić information content (AvgIpc) is 2.75. The van der Waals surface area contributed by atoms with Crippen molar-refractivity contribution < 1.29 is 20.1 Å². The first kappa shape index (κ1) is 12.2. The first-order valence-electron chi connectivity index (χ1n) is 4.86. The Labute approximate surface area is 106 Å². The van der Waals surface area contributed by atoms with E-state index in [-0.39, 0.29) is 33.8 Å². The fraction of sp³-hybridized carbons (Fsp3) is 0.100. The predicted octanol–water partition coefficient (Wildman–Crippen LogP) is 1.06. The van der Waals surface area contributed by atoms with Gasteiger partial charge in [0, 0.05) is 0 Å². The third-order valence-corrected chi connectivity index (χ3v) is 2.88. The topological polar surface area (TPSA) is 119 Å². The minimum Gasteiger partial charge on any atom is -0.507 e. The molecule has 8 heteroatoms. The quantitative estimate of drug-likeness (QED) is 0.611. The zero-order valence-corrected chi connectivity index (χ0v) is 9.81. The van der Waals surface area contributed by atoms with Gasteiger partial charge in [0.25, 0.3) is 0 Å². The number of carboxylic acids is 1. The number of H-pyrrole nitrogens is 1. The van der Waals surface area contributed by atoms with E-state index in [1.807, 2.05) is 0 Å². The molecular weight excluding hydrogens is 258 g/mol. The van der Waals surface area contributed by atoms with Crippen LogP contribution in [0.4, 0.5) is 0 Å². The monoisotopic (exact) mass is 267 g/mol. The summed E-state index contributed by atoms with van der Waals surface area (Å²) in [4.78, 5) is 14.4. The number of nitrogens with zero attached hydrogens (tertiary/aromatic N) is 2. The van der Waals surface area contributed by atoms with E-state index in [1.165, 1.54) is 18.2 Å². The molecule has 1 aromatic heterocycles. The number of nitrogens with one attached hydrogen (secondary N) is 1. The van der Waals surface area contributed by atoms with Gasteiger partial charge in [0.05, 0.1) is 5.75 Å². The molecule has 2 aromatic rings. The van der Waals surface area contributed by atoms with Gasteiger partial charge < -0.3 is 15.3 Å². The molecule has 0 fully saturated rings. The molecule has 4 N–H and O–H groups in total. The molecular formula is C10H9N3O4S. The van der Waals surface area contributed by atoms with Crippen LogP contribution in [-0.4, -0.2) is 42.2 Å². The van der Waals surface area contributed by atoms with Crippen LogP contribution in [0, 0.1) is 0 Å². The molecule has 0 aliphatic heterocycles. The fourth-order valence-electron chi connectivity index (χ4n) is 1.32. The number of hydrogen-bond donors (Lipinski definition) is 4. The van der Waals surface area contributed by atoms with E-state index in [4.69, 9.17) is 5.11 Å². The maximum Gasteiger partial charge on any atom is 0.313 e. The zero-order valence-electron chi connectivity index (χ0n) is 8.99. The second-order valence-electron chi connectivity index (χ2n) is 3.32. The number of carboxylic acid groups (broad SMARTS) is 1. The number of phenols is 2. The minimum atomic E-state index is -0.975. The Kier molecular flexibility index (Phi) is 3.38. The summed E-state index contributed by atoms with van der Waals surface area (Å²) in [6.45, 7) is 0. The van der Waals surface area contributed by atoms with Gasteiger partial charge in [-0.2, -0.15) is 0 Å². The molecule has 7 nitrogen and oxygen atoms in total. The maximum atomic E-state index is 10.4. The molecule has 0 bridgehead atoms. The van der Waals surface area contributed by atoms with Gasteiger partial charge >= 0.3 is 5.97 Å². The van der Waals surface area contributed by atoms with Crippen LogP contribution in [0.25, 0.3) is 11.4 Å². The molecule has 0 amide bonds. The number of phenolic OH excluding ortho intramolecular Hbond substituents is 2. The van der Waals surface area contributed by atoms with E-state index in [9.17, 15) is 15.0 Å². The highest BCUT2D eigenvalue weighted by atomic mass is 32.2. The van der Waals surface area contributed by atoms with Crippen molar-refractivity contribution in [3.8, 4) is 22.9 Å². The average molecular weight is 267 g/mol. The third-order valence-electron chi connectivity index (χ3n) is 2.05. The van der Waals surface area contributed by atoms with Crippen LogP contribution in [0.5, 0.6) is 11.5 Å². The molecule has 0 radical (unpaired) electrons. The lowest BCUT2D eigenvalue weighted by Crippen LogP contribution is -1.97. The summed E-state index contributed by atoms with van der Waals surface area (Å²) in [5.74, 6) is -1.23. The van der Waals surface area contributed by atoms with Gasteiger partial charge in [-0.1, -0.05) is 17.8 Å². The Hall–Kier alpha value is -2.22. The van der Waals surface area contributed by atoms with E-state index in [0.717, 1.165) is 11.8 Å². The van der Waals surface area contributed by atoms with E-state index in [2.05, 4.69) is 15.2 Å². The van der Waals surface area contributed by atoms with Crippen molar-refractivity contribution in [2.24, 2.45) is 0 Å². The summed E-state index contributed by atoms with van der Waals surface area (Å²) in [6, 6.07) is 4.30. The summed E-state index contributed by atoms with van der Waals surface area (Å²) >= 11 is 0.939. The number of aromatic hydroxyl groups is 2. The van der Waals surface area contributed by atoms with E-state index in [0.29, 0.717) is 0 Å². The van der Waals surface area contributed by atoms with Crippen LogP contribution in [0.15, 0.2) is 23.4 Å². The Morgan fingerprint density at radius 2 is 2.00 bits per heavy atom. The van der Waals surface area contributed by atoms with Crippen LogP contribution < -0.4 is 0 Å². The van der Waals surface area contributed by atoms with Crippen molar-refractivity contribution >= 4 is 17.7 Å². The van der Waals surface area contributed by atoms with Gasteiger partial charge in [0.15, 0.2) is 5.82 Å².